The summed E-state index contributed by atoms with van der Waals surface area (Å²) in [5.41, 5.74) is 2.24. The Morgan fingerprint density at radius 1 is 0.581 bits per heavy atom. The van der Waals surface area contributed by atoms with Gasteiger partial charge in [-0.15, -0.1) is 0 Å². The standard InChI is InChI=1S/C19H17S.C7H8O3S/c1-16-9-8-14-19(15-16)20(17-10-4-2-5-11-17)18-12-6-3-7-13-18;1-6-2-4-7(5-3-6)11(8,9)10/h2-15H,1H3;2-5H,1H3,(H,8,9,10)/q+1;/p-1. The van der Waals surface area contributed by atoms with E-state index >= 15 is 0 Å². The van der Waals surface area contributed by atoms with Crippen LogP contribution in [0, 0.1) is 13.8 Å². The predicted molar refractivity (Wildman–Crippen MR) is 125 cm³/mol. The second kappa shape index (κ2) is 10.4. The molecule has 4 aromatic carbocycles. The number of rotatable bonds is 4. The Hall–Kier alpha value is -2.86. The summed E-state index contributed by atoms with van der Waals surface area (Å²) < 4.78 is 31.2. The first-order valence-electron chi connectivity index (χ1n) is 9.78. The third kappa shape index (κ3) is 6.56. The van der Waals surface area contributed by atoms with E-state index < -0.39 is 10.1 Å². The molecule has 0 N–H and O–H groups in total. The Morgan fingerprint density at radius 2 is 1.06 bits per heavy atom. The van der Waals surface area contributed by atoms with Crippen molar-refractivity contribution >= 4 is 21.0 Å². The lowest BCUT2D eigenvalue weighted by atomic mass is 10.2. The lowest BCUT2D eigenvalue weighted by molar-refractivity contribution is 0.463. The van der Waals surface area contributed by atoms with Gasteiger partial charge >= 0.3 is 0 Å². The number of hydrogen-bond donors (Lipinski definition) is 0. The van der Waals surface area contributed by atoms with Crippen molar-refractivity contribution in [2.45, 2.75) is 33.4 Å². The molecular weight excluding hydrogens is 424 g/mol. The van der Waals surface area contributed by atoms with E-state index in [1.165, 1.54) is 32.4 Å². The van der Waals surface area contributed by atoms with Crippen LogP contribution in [-0.4, -0.2) is 13.0 Å². The highest BCUT2D eigenvalue weighted by molar-refractivity contribution is 7.97. The molecule has 0 aromatic heterocycles. The number of aryl methyl sites for hydroxylation is 2. The molecule has 0 aliphatic rings. The van der Waals surface area contributed by atoms with Crippen LogP contribution in [0.15, 0.2) is 129 Å². The van der Waals surface area contributed by atoms with Gasteiger partial charge in [0.25, 0.3) is 0 Å². The highest BCUT2D eigenvalue weighted by atomic mass is 32.2. The monoisotopic (exact) mass is 448 g/mol. The van der Waals surface area contributed by atoms with Gasteiger partial charge in [0.2, 0.25) is 0 Å². The molecule has 0 amide bonds. The average Bonchev–Trinajstić information content (AvgIpc) is 2.76. The molecule has 0 radical (unpaired) electrons. The van der Waals surface area contributed by atoms with Crippen molar-refractivity contribution in [3.05, 3.63) is 120 Å². The van der Waals surface area contributed by atoms with Crippen molar-refractivity contribution in [2.75, 3.05) is 0 Å². The Balaban J connectivity index is 0.000000210. The molecular formula is C26H24O3S2. The van der Waals surface area contributed by atoms with E-state index in [-0.39, 0.29) is 15.8 Å². The van der Waals surface area contributed by atoms with Crippen molar-refractivity contribution in [3.8, 4) is 0 Å². The molecule has 0 aliphatic heterocycles. The van der Waals surface area contributed by atoms with E-state index in [0.717, 1.165) is 5.56 Å². The molecule has 0 fully saturated rings. The van der Waals surface area contributed by atoms with E-state index in [0.29, 0.717) is 0 Å². The van der Waals surface area contributed by atoms with Gasteiger partial charge in [0, 0.05) is 0 Å². The van der Waals surface area contributed by atoms with Crippen LogP contribution in [0.5, 0.6) is 0 Å². The lowest BCUT2D eigenvalue weighted by Crippen LogP contribution is -2.04. The van der Waals surface area contributed by atoms with Crippen LogP contribution in [0.4, 0.5) is 0 Å². The predicted octanol–water partition coefficient (Wildman–Crippen LogP) is 5.99. The molecule has 5 heteroatoms. The molecule has 0 saturated carbocycles. The minimum Gasteiger partial charge on any atom is -0.744 e. The van der Waals surface area contributed by atoms with Crippen LogP contribution in [0.2, 0.25) is 0 Å². The van der Waals surface area contributed by atoms with Crippen LogP contribution in [0.3, 0.4) is 0 Å². The Labute approximate surface area is 187 Å². The van der Waals surface area contributed by atoms with Gasteiger partial charge in [-0.1, -0.05) is 66.2 Å². The summed E-state index contributed by atoms with van der Waals surface area (Å²) in [5.74, 6) is 0. The Morgan fingerprint density at radius 3 is 1.52 bits per heavy atom. The Bertz CT molecular complexity index is 1170. The minimum absolute atomic E-state index is 0.0249. The second-order valence-electron chi connectivity index (χ2n) is 7.02. The first-order chi connectivity index (χ1) is 14.8. The smallest absolute Gasteiger partial charge is 0.166 e. The summed E-state index contributed by atoms with van der Waals surface area (Å²) in [4.78, 5) is 3.93. The van der Waals surface area contributed by atoms with Gasteiger partial charge in [-0.05, 0) is 67.9 Å². The molecule has 4 rings (SSSR count). The largest absolute Gasteiger partial charge is 0.744 e. The maximum atomic E-state index is 10.4. The summed E-state index contributed by atoms with van der Waals surface area (Å²) in [5, 5.41) is 0. The summed E-state index contributed by atoms with van der Waals surface area (Å²) in [7, 11) is -4.29. The summed E-state index contributed by atoms with van der Waals surface area (Å²) in [6.07, 6.45) is 0. The molecule has 0 bridgehead atoms. The van der Waals surface area contributed by atoms with Crippen LogP contribution in [0.1, 0.15) is 11.1 Å². The van der Waals surface area contributed by atoms with Gasteiger partial charge in [0.15, 0.2) is 14.7 Å². The summed E-state index contributed by atoms with van der Waals surface area (Å²) in [6, 6.07) is 36.1. The molecule has 0 unspecified atom stereocenters. The Kier molecular flexibility index (Phi) is 7.69. The van der Waals surface area contributed by atoms with Gasteiger partial charge in [0.05, 0.1) is 15.8 Å². The fourth-order valence-corrected chi connectivity index (χ4v) is 5.63. The van der Waals surface area contributed by atoms with E-state index in [9.17, 15) is 13.0 Å². The van der Waals surface area contributed by atoms with Crippen molar-refractivity contribution in [1.29, 1.82) is 0 Å². The molecule has 158 valence electrons. The highest BCUT2D eigenvalue weighted by Gasteiger charge is 2.27. The van der Waals surface area contributed by atoms with Crippen molar-refractivity contribution < 1.29 is 13.0 Å². The third-order valence-electron chi connectivity index (χ3n) is 4.49. The zero-order chi connectivity index (χ0) is 22.3. The molecule has 3 nitrogen and oxygen atoms in total. The maximum absolute atomic E-state index is 10.4. The second-order valence-corrected chi connectivity index (χ2v) is 10.4. The highest BCUT2D eigenvalue weighted by Crippen LogP contribution is 2.31. The zero-order valence-electron chi connectivity index (χ0n) is 17.4. The SMILES string of the molecule is Cc1ccc(S(=O)(=O)[O-])cc1.Cc1cccc([S+](c2ccccc2)c2ccccc2)c1. The van der Waals surface area contributed by atoms with Gasteiger partial charge in [-0.3, -0.25) is 0 Å². The minimum atomic E-state index is -4.27. The van der Waals surface area contributed by atoms with E-state index in [4.69, 9.17) is 0 Å². The van der Waals surface area contributed by atoms with Crippen LogP contribution in [-0.2, 0) is 21.0 Å². The lowest BCUT2D eigenvalue weighted by Gasteiger charge is -2.08. The first kappa shape index (κ1) is 22.8. The van der Waals surface area contributed by atoms with E-state index in [1.54, 1.807) is 12.1 Å². The van der Waals surface area contributed by atoms with Gasteiger partial charge < -0.3 is 4.55 Å². The fourth-order valence-electron chi connectivity index (χ4n) is 2.97. The topological polar surface area (TPSA) is 57.2 Å². The van der Waals surface area contributed by atoms with Crippen molar-refractivity contribution in [1.82, 2.24) is 0 Å². The van der Waals surface area contributed by atoms with E-state index in [2.05, 4.69) is 91.9 Å². The van der Waals surface area contributed by atoms with Crippen molar-refractivity contribution in [2.24, 2.45) is 0 Å². The van der Waals surface area contributed by atoms with Gasteiger partial charge in [0.1, 0.15) is 10.1 Å². The van der Waals surface area contributed by atoms with Crippen LogP contribution >= 0.6 is 0 Å². The summed E-state index contributed by atoms with van der Waals surface area (Å²) >= 11 is 0. The van der Waals surface area contributed by atoms with Gasteiger partial charge in [-0.25, -0.2) is 8.42 Å². The maximum Gasteiger partial charge on any atom is 0.166 e. The number of benzene rings is 4. The molecule has 0 spiro atoms. The van der Waals surface area contributed by atoms with Crippen LogP contribution < -0.4 is 0 Å². The first-order valence-corrected chi connectivity index (χ1v) is 12.4. The molecule has 0 heterocycles. The molecule has 0 atom stereocenters. The molecule has 4 aromatic rings. The fraction of sp³-hybridized carbons (Fsp3) is 0.0769. The zero-order valence-corrected chi connectivity index (χ0v) is 19.1. The third-order valence-corrected chi connectivity index (χ3v) is 7.55. The number of hydrogen-bond acceptors (Lipinski definition) is 3. The molecule has 31 heavy (non-hydrogen) atoms. The average molecular weight is 449 g/mol. The van der Waals surface area contributed by atoms with Crippen LogP contribution in [0.25, 0.3) is 0 Å². The summed E-state index contributed by atoms with van der Waals surface area (Å²) in [6.45, 7) is 3.97. The van der Waals surface area contributed by atoms with Gasteiger partial charge in [-0.2, -0.15) is 0 Å². The molecule has 0 saturated heterocycles. The normalized spacial score (nSPS) is 11.0. The quantitative estimate of drug-likeness (QED) is 0.285. The van der Waals surface area contributed by atoms with E-state index in [1.807, 2.05) is 6.92 Å². The molecule has 0 aliphatic carbocycles. The van der Waals surface area contributed by atoms with Crippen molar-refractivity contribution in [3.63, 3.8) is 0 Å².